The Kier molecular flexibility index (Phi) is 2.24. The first-order chi connectivity index (χ1) is 7.16. The summed E-state index contributed by atoms with van der Waals surface area (Å²) in [5.41, 5.74) is 2.16. The number of nitrogens with zero attached hydrogens (tertiary/aromatic N) is 2. The summed E-state index contributed by atoms with van der Waals surface area (Å²) < 4.78 is 0. The molecule has 6 heteroatoms. The molecule has 78 valence electrons. The van der Waals surface area contributed by atoms with E-state index in [0.717, 1.165) is 11.4 Å². The fourth-order valence-electron chi connectivity index (χ4n) is 1.25. The summed E-state index contributed by atoms with van der Waals surface area (Å²) in [4.78, 5) is 11.7. The molecule has 0 aliphatic heterocycles. The quantitative estimate of drug-likeness (QED) is 0.683. The van der Waals surface area contributed by atoms with Crippen LogP contribution in [0.3, 0.4) is 0 Å². The van der Waals surface area contributed by atoms with Gasteiger partial charge in [-0.3, -0.25) is 15.0 Å². The van der Waals surface area contributed by atoms with Crippen molar-refractivity contribution in [2.24, 2.45) is 0 Å². The van der Waals surface area contributed by atoms with Crippen LogP contribution in [0.4, 0.5) is 5.82 Å². The van der Waals surface area contributed by atoms with Crippen LogP contribution in [-0.2, 0) is 0 Å². The zero-order valence-corrected chi connectivity index (χ0v) is 8.46. The van der Waals surface area contributed by atoms with Gasteiger partial charge in [-0.1, -0.05) is 0 Å². The third kappa shape index (κ3) is 1.88. The second-order valence-electron chi connectivity index (χ2n) is 3.30. The Labute approximate surface area is 86.1 Å². The number of nitrogens with one attached hydrogen (secondary N) is 3. The number of hydrogen-bond acceptors (Lipinski definition) is 3. The second kappa shape index (κ2) is 3.56. The Balaban J connectivity index is 2.14. The Bertz CT molecular complexity index is 484. The molecule has 0 aromatic carbocycles. The Morgan fingerprint density at radius 3 is 2.73 bits per heavy atom. The van der Waals surface area contributed by atoms with Crippen LogP contribution < -0.4 is 5.32 Å². The number of aromatic amines is 2. The van der Waals surface area contributed by atoms with Crippen molar-refractivity contribution in [1.29, 1.82) is 0 Å². The summed E-state index contributed by atoms with van der Waals surface area (Å²) in [6, 6.07) is 1.76. The lowest BCUT2D eigenvalue weighted by atomic mass is 10.2. The number of aryl methyl sites for hydroxylation is 2. The van der Waals surface area contributed by atoms with Crippen molar-refractivity contribution in [2.75, 3.05) is 5.32 Å². The van der Waals surface area contributed by atoms with Gasteiger partial charge >= 0.3 is 0 Å². The number of H-pyrrole nitrogens is 2. The molecule has 0 atom stereocenters. The van der Waals surface area contributed by atoms with Gasteiger partial charge in [0.2, 0.25) is 0 Å². The van der Waals surface area contributed by atoms with Gasteiger partial charge in [-0.2, -0.15) is 10.2 Å². The average molecular weight is 205 g/mol. The highest BCUT2D eigenvalue weighted by Crippen LogP contribution is 2.08. The van der Waals surface area contributed by atoms with E-state index in [4.69, 9.17) is 0 Å². The minimum Gasteiger partial charge on any atom is -0.305 e. The van der Waals surface area contributed by atoms with Crippen molar-refractivity contribution >= 4 is 11.7 Å². The standard InChI is InChI=1S/C9H11N5O/c1-5-3-8(14-12-5)11-9(15)7-4-10-13-6(7)2/h3-4H,1-2H3,(H,10,13)(H2,11,12,14,15). The van der Waals surface area contributed by atoms with Gasteiger partial charge in [-0.05, 0) is 13.8 Å². The number of rotatable bonds is 2. The predicted molar refractivity (Wildman–Crippen MR) is 54.6 cm³/mol. The zero-order chi connectivity index (χ0) is 10.8. The molecule has 0 spiro atoms. The minimum absolute atomic E-state index is 0.215. The van der Waals surface area contributed by atoms with Crippen molar-refractivity contribution in [1.82, 2.24) is 20.4 Å². The van der Waals surface area contributed by atoms with Crippen LogP contribution in [0.25, 0.3) is 0 Å². The number of carbonyl (C=O) groups is 1. The van der Waals surface area contributed by atoms with Crippen LogP contribution in [0.1, 0.15) is 21.7 Å². The molecule has 1 amide bonds. The van der Waals surface area contributed by atoms with Crippen LogP contribution in [0, 0.1) is 13.8 Å². The van der Waals surface area contributed by atoms with E-state index in [1.54, 1.807) is 13.0 Å². The van der Waals surface area contributed by atoms with E-state index in [0.29, 0.717) is 11.4 Å². The average Bonchev–Trinajstić information content (AvgIpc) is 2.75. The van der Waals surface area contributed by atoms with Crippen molar-refractivity contribution in [2.45, 2.75) is 13.8 Å². The molecule has 0 saturated carbocycles. The molecule has 0 fully saturated rings. The van der Waals surface area contributed by atoms with E-state index in [2.05, 4.69) is 25.7 Å². The van der Waals surface area contributed by atoms with Crippen molar-refractivity contribution in [3.8, 4) is 0 Å². The number of amides is 1. The lowest BCUT2D eigenvalue weighted by Gasteiger charge is -1.98. The molecule has 15 heavy (non-hydrogen) atoms. The van der Waals surface area contributed by atoms with E-state index in [1.165, 1.54) is 6.20 Å². The SMILES string of the molecule is Cc1cc(NC(=O)c2cn[nH]c2C)n[nH]1. The molecule has 0 bridgehead atoms. The fraction of sp³-hybridized carbons (Fsp3) is 0.222. The third-order valence-electron chi connectivity index (χ3n) is 2.02. The van der Waals surface area contributed by atoms with Gasteiger partial charge in [-0.15, -0.1) is 0 Å². The molecule has 3 N–H and O–H groups in total. The Morgan fingerprint density at radius 1 is 1.40 bits per heavy atom. The van der Waals surface area contributed by atoms with E-state index in [9.17, 15) is 4.79 Å². The molecular weight excluding hydrogens is 194 g/mol. The summed E-state index contributed by atoms with van der Waals surface area (Å²) in [7, 11) is 0. The molecule has 0 radical (unpaired) electrons. The number of hydrogen-bond donors (Lipinski definition) is 3. The van der Waals surface area contributed by atoms with Gasteiger partial charge in [0, 0.05) is 17.5 Å². The lowest BCUT2D eigenvalue weighted by molar-refractivity contribution is 0.102. The molecule has 0 unspecified atom stereocenters. The highest BCUT2D eigenvalue weighted by atomic mass is 16.1. The normalized spacial score (nSPS) is 10.3. The highest BCUT2D eigenvalue weighted by molar-refractivity contribution is 6.04. The molecule has 6 nitrogen and oxygen atoms in total. The summed E-state index contributed by atoms with van der Waals surface area (Å²) in [6.45, 7) is 3.66. The summed E-state index contributed by atoms with van der Waals surface area (Å²) in [6.07, 6.45) is 1.49. The van der Waals surface area contributed by atoms with E-state index in [1.807, 2.05) is 6.92 Å². The minimum atomic E-state index is -0.215. The Morgan fingerprint density at radius 2 is 2.20 bits per heavy atom. The van der Waals surface area contributed by atoms with E-state index < -0.39 is 0 Å². The smallest absolute Gasteiger partial charge is 0.260 e. The molecule has 2 aromatic heterocycles. The van der Waals surface area contributed by atoms with Crippen molar-refractivity contribution < 1.29 is 4.79 Å². The van der Waals surface area contributed by atoms with Crippen LogP contribution >= 0.6 is 0 Å². The summed E-state index contributed by atoms with van der Waals surface area (Å²) in [5.74, 6) is 0.297. The molecule has 2 heterocycles. The zero-order valence-electron chi connectivity index (χ0n) is 8.46. The second-order valence-corrected chi connectivity index (χ2v) is 3.30. The summed E-state index contributed by atoms with van der Waals surface area (Å²) >= 11 is 0. The maximum atomic E-state index is 11.7. The van der Waals surface area contributed by atoms with Gasteiger partial charge in [0.1, 0.15) is 0 Å². The van der Waals surface area contributed by atoms with Gasteiger partial charge < -0.3 is 5.32 Å². The van der Waals surface area contributed by atoms with Gasteiger partial charge in [0.05, 0.1) is 11.8 Å². The molecule has 0 saturated heterocycles. The third-order valence-corrected chi connectivity index (χ3v) is 2.02. The van der Waals surface area contributed by atoms with E-state index >= 15 is 0 Å². The number of aromatic nitrogens is 4. The number of anilines is 1. The monoisotopic (exact) mass is 205 g/mol. The Hall–Kier alpha value is -2.11. The molecule has 2 rings (SSSR count). The summed E-state index contributed by atoms with van der Waals surface area (Å²) in [5, 5.41) is 15.8. The van der Waals surface area contributed by atoms with Crippen LogP contribution in [-0.4, -0.2) is 26.3 Å². The molecule has 0 aliphatic rings. The van der Waals surface area contributed by atoms with Crippen molar-refractivity contribution in [3.63, 3.8) is 0 Å². The lowest BCUT2D eigenvalue weighted by Crippen LogP contribution is -2.12. The fourth-order valence-corrected chi connectivity index (χ4v) is 1.25. The first-order valence-corrected chi connectivity index (χ1v) is 4.50. The molecular formula is C9H11N5O. The number of carbonyl (C=O) groups excluding carboxylic acids is 1. The predicted octanol–water partition coefficient (Wildman–Crippen LogP) is 1.00. The van der Waals surface area contributed by atoms with Crippen molar-refractivity contribution in [3.05, 3.63) is 29.2 Å². The maximum Gasteiger partial charge on any atom is 0.260 e. The molecule has 0 aliphatic carbocycles. The van der Waals surface area contributed by atoms with Crippen LogP contribution in [0.5, 0.6) is 0 Å². The largest absolute Gasteiger partial charge is 0.305 e. The molecule has 2 aromatic rings. The highest BCUT2D eigenvalue weighted by Gasteiger charge is 2.11. The first-order valence-electron chi connectivity index (χ1n) is 4.50. The maximum absolute atomic E-state index is 11.7. The van der Waals surface area contributed by atoms with Crippen LogP contribution in [0.15, 0.2) is 12.3 Å². The topological polar surface area (TPSA) is 86.5 Å². The van der Waals surface area contributed by atoms with Gasteiger partial charge in [0.25, 0.3) is 5.91 Å². The van der Waals surface area contributed by atoms with Crippen LogP contribution in [0.2, 0.25) is 0 Å². The van der Waals surface area contributed by atoms with E-state index in [-0.39, 0.29) is 5.91 Å². The van der Waals surface area contributed by atoms with Gasteiger partial charge in [-0.25, -0.2) is 0 Å². The van der Waals surface area contributed by atoms with Gasteiger partial charge in [0.15, 0.2) is 5.82 Å². The first kappa shape index (κ1) is 9.45.